The van der Waals surface area contributed by atoms with Gasteiger partial charge >= 0.3 is 11.9 Å². The van der Waals surface area contributed by atoms with Crippen LogP contribution in [0, 0.1) is 11.8 Å². The van der Waals surface area contributed by atoms with E-state index in [1.807, 2.05) is 18.7 Å². The van der Waals surface area contributed by atoms with Crippen LogP contribution in [-0.4, -0.2) is 75.0 Å². The Labute approximate surface area is 148 Å². The van der Waals surface area contributed by atoms with Crippen molar-refractivity contribution in [2.75, 3.05) is 19.6 Å². The standard InChI is InChI=1S/C12H26N2O.C4H6O6/c1-5-14(6-2)12(15)8-11(9-13)7-10(3)4;5-1(3(7)8)2(6)4(9)10/h10-11H,5-9,13H2,1-4H3;1-2,5-6H,(H,7,8)(H,9,10). The summed E-state index contributed by atoms with van der Waals surface area (Å²) in [4.78, 5) is 33.2. The molecule has 1 amide bonds. The lowest BCUT2D eigenvalue weighted by atomic mass is 9.94. The Balaban J connectivity index is 0. The topological polar surface area (TPSA) is 161 Å². The monoisotopic (exact) mass is 364 g/mol. The quantitative estimate of drug-likeness (QED) is 0.354. The summed E-state index contributed by atoms with van der Waals surface area (Å²) >= 11 is 0. The second kappa shape index (κ2) is 13.6. The summed E-state index contributed by atoms with van der Waals surface area (Å²) in [5.74, 6) is -2.33. The highest BCUT2D eigenvalue weighted by atomic mass is 16.4. The lowest BCUT2D eigenvalue weighted by Crippen LogP contribution is -2.39. The minimum atomic E-state index is -2.27. The molecule has 0 aliphatic rings. The number of carboxylic acids is 2. The van der Waals surface area contributed by atoms with Gasteiger partial charge in [0.2, 0.25) is 5.91 Å². The van der Waals surface area contributed by atoms with Crippen molar-refractivity contribution in [3.63, 3.8) is 0 Å². The third-order valence-corrected chi connectivity index (χ3v) is 3.52. The number of aliphatic hydroxyl groups is 2. The Morgan fingerprint density at radius 3 is 1.60 bits per heavy atom. The number of carbonyl (C=O) groups is 3. The fourth-order valence-corrected chi connectivity index (χ4v) is 2.15. The Morgan fingerprint density at radius 2 is 1.36 bits per heavy atom. The second-order valence-electron chi connectivity index (χ2n) is 6.07. The van der Waals surface area contributed by atoms with Crippen LogP contribution >= 0.6 is 0 Å². The summed E-state index contributed by atoms with van der Waals surface area (Å²) in [6, 6.07) is 0. The fraction of sp³-hybridized carbons (Fsp3) is 0.812. The molecule has 0 aliphatic carbocycles. The Hall–Kier alpha value is -1.71. The molecule has 0 saturated heterocycles. The van der Waals surface area contributed by atoms with Gasteiger partial charge in [-0.2, -0.15) is 0 Å². The van der Waals surface area contributed by atoms with E-state index in [0.717, 1.165) is 19.5 Å². The molecule has 148 valence electrons. The summed E-state index contributed by atoms with van der Waals surface area (Å²) in [5.41, 5.74) is 5.68. The average molecular weight is 364 g/mol. The van der Waals surface area contributed by atoms with Crippen LogP contribution in [0.5, 0.6) is 0 Å². The van der Waals surface area contributed by atoms with Gasteiger partial charge in [0.05, 0.1) is 0 Å². The molecule has 6 N–H and O–H groups in total. The number of aliphatic carboxylic acids is 2. The number of amides is 1. The molecule has 0 rings (SSSR count). The number of rotatable bonds is 10. The van der Waals surface area contributed by atoms with Crippen LogP contribution < -0.4 is 5.73 Å². The van der Waals surface area contributed by atoms with Gasteiger partial charge in [-0.05, 0) is 38.6 Å². The lowest BCUT2D eigenvalue weighted by Gasteiger charge is -2.22. The van der Waals surface area contributed by atoms with Crippen molar-refractivity contribution in [3.05, 3.63) is 0 Å². The van der Waals surface area contributed by atoms with Gasteiger partial charge in [0, 0.05) is 19.5 Å². The van der Waals surface area contributed by atoms with E-state index in [1.165, 1.54) is 0 Å². The SMILES string of the molecule is CCN(CC)C(=O)CC(CN)CC(C)C.O=C(O)C(O)C(O)C(=O)O. The van der Waals surface area contributed by atoms with E-state index in [1.54, 1.807) is 0 Å². The molecule has 0 fully saturated rings. The van der Waals surface area contributed by atoms with E-state index in [2.05, 4.69) is 13.8 Å². The van der Waals surface area contributed by atoms with Gasteiger partial charge in [0.25, 0.3) is 0 Å². The first kappa shape index (κ1) is 25.5. The Morgan fingerprint density at radius 1 is 0.960 bits per heavy atom. The highest BCUT2D eigenvalue weighted by Gasteiger charge is 2.29. The van der Waals surface area contributed by atoms with Crippen LogP contribution in [0.25, 0.3) is 0 Å². The Kier molecular flexibility index (Phi) is 13.9. The van der Waals surface area contributed by atoms with E-state index in [-0.39, 0.29) is 5.91 Å². The summed E-state index contributed by atoms with van der Waals surface area (Å²) in [6.45, 7) is 10.6. The van der Waals surface area contributed by atoms with Gasteiger partial charge < -0.3 is 31.1 Å². The molecule has 0 heterocycles. The molecule has 3 unspecified atom stereocenters. The van der Waals surface area contributed by atoms with Gasteiger partial charge in [-0.25, -0.2) is 9.59 Å². The van der Waals surface area contributed by atoms with Crippen molar-refractivity contribution in [3.8, 4) is 0 Å². The van der Waals surface area contributed by atoms with Crippen LogP contribution in [0.1, 0.15) is 40.5 Å². The number of carbonyl (C=O) groups excluding carboxylic acids is 1. The minimum Gasteiger partial charge on any atom is -0.479 e. The van der Waals surface area contributed by atoms with Crippen molar-refractivity contribution < 1.29 is 34.8 Å². The summed E-state index contributed by atoms with van der Waals surface area (Å²) < 4.78 is 0. The van der Waals surface area contributed by atoms with Crippen molar-refractivity contribution in [2.45, 2.75) is 52.7 Å². The molecule has 0 spiro atoms. The summed E-state index contributed by atoms with van der Waals surface area (Å²) in [7, 11) is 0. The molecule has 9 heteroatoms. The molecule has 0 aromatic heterocycles. The number of hydrogen-bond donors (Lipinski definition) is 5. The zero-order chi connectivity index (χ0) is 20.2. The zero-order valence-electron chi connectivity index (χ0n) is 15.4. The summed E-state index contributed by atoms with van der Waals surface area (Å²) in [5, 5.41) is 32.5. The highest BCUT2D eigenvalue weighted by Crippen LogP contribution is 2.15. The van der Waals surface area contributed by atoms with Crippen molar-refractivity contribution in [1.29, 1.82) is 0 Å². The smallest absolute Gasteiger partial charge is 0.335 e. The molecule has 0 radical (unpaired) electrons. The molecule has 0 aromatic rings. The predicted molar refractivity (Wildman–Crippen MR) is 91.8 cm³/mol. The lowest BCUT2D eigenvalue weighted by molar-refractivity contribution is -0.165. The summed E-state index contributed by atoms with van der Waals surface area (Å²) in [6.07, 6.45) is -2.88. The first-order valence-corrected chi connectivity index (χ1v) is 8.31. The third-order valence-electron chi connectivity index (χ3n) is 3.52. The average Bonchev–Trinajstić information content (AvgIpc) is 2.53. The molecule has 0 aliphatic heterocycles. The van der Waals surface area contributed by atoms with E-state index >= 15 is 0 Å². The molecule has 9 nitrogen and oxygen atoms in total. The van der Waals surface area contributed by atoms with Gasteiger partial charge in [-0.1, -0.05) is 13.8 Å². The Bertz CT molecular complexity index is 393. The largest absolute Gasteiger partial charge is 0.479 e. The maximum atomic E-state index is 11.8. The van der Waals surface area contributed by atoms with Gasteiger partial charge in [0.15, 0.2) is 12.2 Å². The van der Waals surface area contributed by atoms with E-state index in [4.69, 9.17) is 26.2 Å². The maximum absolute atomic E-state index is 11.8. The number of aliphatic hydroxyl groups excluding tert-OH is 2. The minimum absolute atomic E-state index is 0.246. The number of hydrogen-bond acceptors (Lipinski definition) is 6. The van der Waals surface area contributed by atoms with Gasteiger partial charge in [-0.15, -0.1) is 0 Å². The second-order valence-corrected chi connectivity index (χ2v) is 6.07. The van der Waals surface area contributed by atoms with Gasteiger partial charge in [-0.3, -0.25) is 4.79 Å². The van der Waals surface area contributed by atoms with Crippen LogP contribution in [0.4, 0.5) is 0 Å². The first-order chi connectivity index (χ1) is 11.5. The fourth-order valence-electron chi connectivity index (χ4n) is 2.15. The molecule has 0 aromatic carbocycles. The molecular formula is C16H32N2O7. The van der Waals surface area contributed by atoms with Crippen LogP contribution in [-0.2, 0) is 14.4 Å². The highest BCUT2D eigenvalue weighted by molar-refractivity contribution is 5.83. The zero-order valence-corrected chi connectivity index (χ0v) is 15.4. The molecule has 0 bridgehead atoms. The van der Waals surface area contributed by atoms with E-state index in [0.29, 0.717) is 24.8 Å². The normalized spacial score (nSPS) is 14.1. The van der Waals surface area contributed by atoms with Crippen molar-refractivity contribution >= 4 is 17.8 Å². The maximum Gasteiger partial charge on any atom is 0.335 e. The van der Waals surface area contributed by atoms with Crippen molar-refractivity contribution in [1.82, 2.24) is 4.90 Å². The first-order valence-electron chi connectivity index (χ1n) is 8.31. The third kappa shape index (κ3) is 11.5. The molecular weight excluding hydrogens is 332 g/mol. The number of carboxylic acid groups (broad SMARTS) is 2. The van der Waals surface area contributed by atoms with Crippen LogP contribution in [0.15, 0.2) is 0 Å². The van der Waals surface area contributed by atoms with Crippen molar-refractivity contribution in [2.24, 2.45) is 17.6 Å². The molecule has 0 saturated carbocycles. The van der Waals surface area contributed by atoms with Crippen LogP contribution in [0.2, 0.25) is 0 Å². The number of nitrogens with zero attached hydrogens (tertiary/aromatic N) is 1. The predicted octanol–water partition coefficient (Wildman–Crippen LogP) is -0.257. The van der Waals surface area contributed by atoms with Crippen LogP contribution in [0.3, 0.4) is 0 Å². The van der Waals surface area contributed by atoms with E-state index < -0.39 is 24.1 Å². The van der Waals surface area contributed by atoms with E-state index in [9.17, 15) is 14.4 Å². The molecule has 3 atom stereocenters. The van der Waals surface area contributed by atoms with Gasteiger partial charge in [0.1, 0.15) is 0 Å². The molecule has 25 heavy (non-hydrogen) atoms. The number of nitrogens with two attached hydrogens (primary N) is 1.